The number of hydrogen-bond acceptors (Lipinski definition) is 3. The topological polar surface area (TPSA) is 51.2 Å². The number of benzene rings is 1. The molecule has 3 nitrogen and oxygen atoms in total. The van der Waals surface area contributed by atoms with Crippen LogP contribution in [0.5, 0.6) is 0 Å². The number of sulfone groups is 1. The highest BCUT2D eigenvalue weighted by Crippen LogP contribution is 2.50. The van der Waals surface area contributed by atoms with E-state index in [9.17, 15) is 17.6 Å². The molecule has 3 atom stereocenters. The first-order chi connectivity index (χ1) is 7.45. The van der Waals surface area contributed by atoms with Crippen LogP contribution >= 0.6 is 0 Å². The van der Waals surface area contributed by atoms with E-state index >= 15 is 0 Å². The first-order valence-electron chi connectivity index (χ1n) is 4.85. The molecule has 1 saturated carbocycles. The van der Waals surface area contributed by atoms with E-state index in [-0.39, 0.29) is 5.92 Å². The quantitative estimate of drug-likeness (QED) is 0.747. The second-order valence-corrected chi connectivity index (χ2v) is 6.29. The van der Waals surface area contributed by atoms with Crippen molar-refractivity contribution in [2.24, 2.45) is 5.92 Å². The summed E-state index contributed by atoms with van der Waals surface area (Å²) >= 11 is 0. The molecule has 0 radical (unpaired) electrons. The van der Waals surface area contributed by atoms with E-state index in [1.807, 2.05) is 0 Å². The predicted octanol–water partition coefficient (Wildman–Crippen LogP) is 1.15. The standard InChI is InChI=1S/C11H11FO3S/c1-16(14,15)11-9(6-13)10(11)7-3-2-4-8(12)5-7/h2-6,9-11H,1H3/t9-,10-,11-/m1/s1. The minimum atomic E-state index is -3.25. The Balaban J connectivity index is 2.34. The second-order valence-electron chi connectivity index (χ2n) is 4.09. The van der Waals surface area contributed by atoms with Crippen molar-refractivity contribution in [1.82, 2.24) is 0 Å². The average Bonchev–Trinajstić information content (AvgIpc) is 2.91. The van der Waals surface area contributed by atoms with E-state index in [2.05, 4.69) is 0 Å². The van der Waals surface area contributed by atoms with Gasteiger partial charge in [0.15, 0.2) is 9.84 Å². The zero-order chi connectivity index (χ0) is 11.9. The molecule has 0 amide bonds. The first kappa shape index (κ1) is 11.3. The Morgan fingerprint density at radius 3 is 2.50 bits per heavy atom. The number of aldehydes is 1. The lowest BCUT2D eigenvalue weighted by Gasteiger charge is -1.98. The van der Waals surface area contributed by atoms with E-state index in [0.717, 1.165) is 6.26 Å². The van der Waals surface area contributed by atoms with Gasteiger partial charge in [0.1, 0.15) is 12.1 Å². The molecular formula is C11H11FO3S. The first-order valence-corrected chi connectivity index (χ1v) is 6.80. The van der Waals surface area contributed by atoms with E-state index in [1.165, 1.54) is 18.2 Å². The third kappa shape index (κ3) is 1.87. The van der Waals surface area contributed by atoms with Crippen LogP contribution in [0.4, 0.5) is 4.39 Å². The lowest BCUT2D eigenvalue weighted by Crippen LogP contribution is -2.07. The van der Waals surface area contributed by atoms with Crippen molar-refractivity contribution in [2.75, 3.05) is 6.26 Å². The van der Waals surface area contributed by atoms with Gasteiger partial charge in [-0.3, -0.25) is 0 Å². The van der Waals surface area contributed by atoms with Gasteiger partial charge in [-0.05, 0) is 17.7 Å². The van der Waals surface area contributed by atoms with Gasteiger partial charge in [0.05, 0.1) is 5.25 Å². The van der Waals surface area contributed by atoms with E-state index in [0.29, 0.717) is 11.8 Å². The van der Waals surface area contributed by atoms with Crippen LogP contribution in [0.15, 0.2) is 24.3 Å². The summed E-state index contributed by atoms with van der Waals surface area (Å²) in [7, 11) is -3.25. The summed E-state index contributed by atoms with van der Waals surface area (Å²) in [6.07, 6.45) is 1.74. The minimum Gasteiger partial charge on any atom is -0.303 e. The van der Waals surface area contributed by atoms with Crippen molar-refractivity contribution < 1.29 is 17.6 Å². The lowest BCUT2D eigenvalue weighted by atomic mass is 10.1. The molecule has 0 spiro atoms. The summed E-state index contributed by atoms with van der Waals surface area (Å²) in [6, 6.07) is 5.74. The van der Waals surface area contributed by atoms with E-state index < -0.39 is 26.8 Å². The van der Waals surface area contributed by atoms with Crippen LogP contribution in [-0.2, 0) is 14.6 Å². The Morgan fingerprint density at radius 2 is 2.06 bits per heavy atom. The fraction of sp³-hybridized carbons (Fsp3) is 0.364. The van der Waals surface area contributed by atoms with Gasteiger partial charge in [0.2, 0.25) is 0 Å². The molecule has 0 saturated heterocycles. The molecule has 1 aliphatic carbocycles. The van der Waals surface area contributed by atoms with Gasteiger partial charge in [0.25, 0.3) is 0 Å². The zero-order valence-corrected chi connectivity index (χ0v) is 9.45. The summed E-state index contributed by atoms with van der Waals surface area (Å²) in [5, 5.41) is -0.688. The Kier molecular flexibility index (Phi) is 2.58. The molecule has 1 fully saturated rings. The maximum absolute atomic E-state index is 13.0. The van der Waals surface area contributed by atoms with Crippen LogP contribution < -0.4 is 0 Å². The van der Waals surface area contributed by atoms with Gasteiger partial charge in [-0.2, -0.15) is 0 Å². The molecule has 2 rings (SSSR count). The summed E-state index contributed by atoms with van der Waals surface area (Å²) < 4.78 is 35.7. The second kappa shape index (κ2) is 3.66. The van der Waals surface area contributed by atoms with Crippen LogP contribution in [-0.4, -0.2) is 26.2 Å². The molecule has 1 aliphatic rings. The maximum atomic E-state index is 13.0. The maximum Gasteiger partial charge on any atom is 0.151 e. The third-order valence-electron chi connectivity index (χ3n) is 2.89. The highest BCUT2D eigenvalue weighted by Gasteiger charge is 2.57. The van der Waals surface area contributed by atoms with E-state index in [4.69, 9.17) is 0 Å². The monoisotopic (exact) mass is 242 g/mol. The van der Waals surface area contributed by atoms with Crippen molar-refractivity contribution in [3.05, 3.63) is 35.6 Å². The molecular weight excluding hydrogens is 231 g/mol. The molecule has 0 N–H and O–H groups in total. The van der Waals surface area contributed by atoms with Gasteiger partial charge < -0.3 is 4.79 Å². The van der Waals surface area contributed by atoms with Gasteiger partial charge in [-0.15, -0.1) is 0 Å². The lowest BCUT2D eigenvalue weighted by molar-refractivity contribution is -0.108. The zero-order valence-electron chi connectivity index (χ0n) is 8.63. The largest absolute Gasteiger partial charge is 0.303 e. The Bertz CT molecular complexity index is 524. The van der Waals surface area contributed by atoms with Crippen LogP contribution in [0.25, 0.3) is 0 Å². The molecule has 86 valence electrons. The molecule has 0 aliphatic heterocycles. The van der Waals surface area contributed by atoms with Crippen LogP contribution in [0.3, 0.4) is 0 Å². The van der Waals surface area contributed by atoms with Crippen molar-refractivity contribution in [3.8, 4) is 0 Å². The molecule has 1 aromatic carbocycles. The molecule has 0 bridgehead atoms. The number of rotatable bonds is 3. The number of halogens is 1. The van der Waals surface area contributed by atoms with Gasteiger partial charge >= 0.3 is 0 Å². The average molecular weight is 242 g/mol. The van der Waals surface area contributed by atoms with Gasteiger partial charge in [-0.1, -0.05) is 12.1 Å². The molecule has 5 heteroatoms. The predicted molar refractivity (Wildman–Crippen MR) is 57.3 cm³/mol. The Hall–Kier alpha value is -1.23. The van der Waals surface area contributed by atoms with Gasteiger partial charge in [0, 0.05) is 18.1 Å². The van der Waals surface area contributed by atoms with E-state index in [1.54, 1.807) is 6.07 Å². The number of hydrogen-bond donors (Lipinski definition) is 0. The molecule has 0 aromatic heterocycles. The highest BCUT2D eigenvalue weighted by molar-refractivity contribution is 7.91. The van der Waals surface area contributed by atoms with Crippen molar-refractivity contribution in [3.63, 3.8) is 0 Å². The smallest absolute Gasteiger partial charge is 0.151 e. The molecule has 0 heterocycles. The minimum absolute atomic E-state index is 0.386. The highest BCUT2D eigenvalue weighted by atomic mass is 32.2. The summed E-state index contributed by atoms with van der Waals surface area (Å²) in [6.45, 7) is 0. The Labute approximate surface area is 93.2 Å². The fourth-order valence-corrected chi connectivity index (χ4v) is 3.73. The molecule has 16 heavy (non-hydrogen) atoms. The van der Waals surface area contributed by atoms with Gasteiger partial charge in [-0.25, -0.2) is 12.8 Å². The normalized spacial score (nSPS) is 28.8. The summed E-state index contributed by atoms with van der Waals surface area (Å²) in [5.74, 6) is -1.33. The number of carbonyl (C=O) groups excluding carboxylic acids is 1. The van der Waals surface area contributed by atoms with Crippen LogP contribution in [0, 0.1) is 11.7 Å². The molecule has 0 unspecified atom stereocenters. The molecule has 1 aromatic rings. The summed E-state index contributed by atoms with van der Waals surface area (Å²) in [4.78, 5) is 10.7. The SMILES string of the molecule is CS(=O)(=O)[C@@H]1[C@H](C=O)[C@H]1c1cccc(F)c1. The van der Waals surface area contributed by atoms with Crippen molar-refractivity contribution >= 4 is 16.1 Å². The van der Waals surface area contributed by atoms with Crippen molar-refractivity contribution in [2.45, 2.75) is 11.2 Å². The summed E-state index contributed by atoms with van der Waals surface area (Å²) in [5.41, 5.74) is 0.576. The Morgan fingerprint density at radius 1 is 1.38 bits per heavy atom. The third-order valence-corrected chi connectivity index (χ3v) is 4.49. The fourth-order valence-electron chi connectivity index (χ4n) is 2.14. The van der Waals surface area contributed by atoms with Crippen LogP contribution in [0.2, 0.25) is 0 Å². The van der Waals surface area contributed by atoms with Crippen molar-refractivity contribution in [1.29, 1.82) is 0 Å². The van der Waals surface area contributed by atoms with Crippen LogP contribution in [0.1, 0.15) is 11.5 Å². The number of carbonyl (C=O) groups is 1.